The van der Waals surface area contributed by atoms with Crippen LogP contribution in [0.5, 0.6) is 0 Å². The number of urea groups is 1. The van der Waals surface area contributed by atoms with Gasteiger partial charge in [-0.25, -0.2) is 4.79 Å². The van der Waals surface area contributed by atoms with Gasteiger partial charge in [0.25, 0.3) is 0 Å². The normalized spacial score (nSPS) is 21.6. The smallest absolute Gasteiger partial charge is 0.315 e. The van der Waals surface area contributed by atoms with Crippen molar-refractivity contribution in [2.24, 2.45) is 0 Å². The molecule has 0 bridgehead atoms. The van der Waals surface area contributed by atoms with Crippen LogP contribution in [0.3, 0.4) is 0 Å². The predicted octanol–water partition coefficient (Wildman–Crippen LogP) is 2.28. The third-order valence-electron chi connectivity index (χ3n) is 4.16. The van der Waals surface area contributed by atoms with Gasteiger partial charge in [-0.05, 0) is 39.5 Å². The number of ether oxygens (including phenoxy) is 1. The highest BCUT2D eigenvalue weighted by molar-refractivity contribution is 5.76. The number of nitrogens with one attached hydrogen (secondary N) is 2. The summed E-state index contributed by atoms with van der Waals surface area (Å²) in [6.07, 6.45) is 3.32. The molecule has 0 aromatic rings. The minimum Gasteiger partial charge on any atom is -0.481 e. The highest BCUT2D eigenvalue weighted by atomic mass is 16.5. The van der Waals surface area contributed by atoms with E-state index in [0.717, 1.165) is 25.7 Å². The number of aliphatic carboxylic acids is 1. The van der Waals surface area contributed by atoms with Crippen LogP contribution >= 0.6 is 0 Å². The van der Waals surface area contributed by atoms with Crippen molar-refractivity contribution in [2.45, 2.75) is 77.0 Å². The van der Waals surface area contributed by atoms with Crippen LogP contribution in [0.15, 0.2) is 0 Å². The van der Waals surface area contributed by atoms with Crippen LogP contribution in [0.4, 0.5) is 4.79 Å². The van der Waals surface area contributed by atoms with Crippen LogP contribution in [-0.4, -0.2) is 40.9 Å². The fourth-order valence-electron chi connectivity index (χ4n) is 2.84. The van der Waals surface area contributed by atoms with Gasteiger partial charge in [0.15, 0.2) is 0 Å². The van der Waals surface area contributed by atoms with Crippen molar-refractivity contribution in [1.29, 1.82) is 0 Å². The second kappa shape index (κ2) is 7.11. The Labute approximate surface area is 126 Å². The Hall–Kier alpha value is -1.30. The van der Waals surface area contributed by atoms with Gasteiger partial charge in [0.1, 0.15) is 0 Å². The van der Waals surface area contributed by atoms with Gasteiger partial charge in [0, 0.05) is 18.2 Å². The molecular weight excluding hydrogens is 272 g/mol. The number of carbonyl (C=O) groups is 2. The molecule has 0 aliphatic carbocycles. The quantitative estimate of drug-likeness (QED) is 0.702. The number of rotatable bonds is 6. The molecule has 1 saturated heterocycles. The van der Waals surface area contributed by atoms with Crippen molar-refractivity contribution in [1.82, 2.24) is 10.6 Å². The minimum atomic E-state index is -0.928. The molecule has 0 radical (unpaired) electrons. The van der Waals surface area contributed by atoms with Crippen molar-refractivity contribution in [3.63, 3.8) is 0 Å². The van der Waals surface area contributed by atoms with Crippen molar-refractivity contribution >= 4 is 12.0 Å². The van der Waals surface area contributed by atoms with Crippen molar-refractivity contribution < 1.29 is 19.4 Å². The lowest BCUT2D eigenvalue weighted by molar-refractivity contribution is -0.138. The zero-order valence-corrected chi connectivity index (χ0v) is 13.5. The molecule has 6 nitrogen and oxygen atoms in total. The van der Waals surface area contributed by atoms with E-state index >= 15 is 0 Å². The summed E-state index contributed by atoms with van der Waals surface area (Å²) >= 11 is 0. The monoisotopic (exact) mass is 300 g/mol. The first-order chi connectivity index (χ1) is 9.72. The van der Waals surface area contributed by atoms with E-state index in [2.05, 4.69) is 24.5 Å². The molecule has 0 saturated carbocycles. The van der Waals surface area contributed by atoms with E-state index in [-0.39, 0.29) is 24.1 Å². The lowest BCUT2D eigenvalue weighted by Gasteiger charge is -2.40. The van der Waals surface area contributed by atoms with Crippen LogP contribution in [-0.2, 0) is 9.53 Å². The maximum atomic E-state index is 12.0. The standard InChI is InChI=1S/C15H28N2O4/c1-5-15(6-2)9-11(7-8-21-15)16-13(20)17-14(3,4)10-12(18)19/h11H,5-10H2,1-4H3,(H,18,19)(H2,16,17,20). The molecule has 0 aromatic carbocycles. The second-order valence-electron chi connectivity index (χ2n) is 6.48. The fraction of sp³-hybridized carbons (Fsp3) is 0.867. The van der Waals surface area contributed by atoms with Crippen molar-refractivity contribution in [3.8, 4) is 0 Å². The van der Waals surface area contributed by atoms with E-state index in [9.17, 15) is 9.59 Å². The molecule has 1 aliphatic rings. The Morgan fingerprint density at radius 2 is 1.95 bits per heavy atom. The summed E-state index contributed by atoms with van der Waals surface area (Å²) < 4.78 is 5.88. The van der Waals surface area contributed by atoms with Gasteiger partial charge < -0.3 is 20.5 Å². The number of carboxylic acid groups (broad SMARTS) is 1. The second-order valence-corrected chi connectivity index (χ2v) is 6.48. The van der Waals surface area contributed by atoms with Gasteiger partial charge in [-0.15, -0.1) is 0 Å². The molecule has 1 aliphatic heterocycles. The van der Waals surface area contributed by atoms with Gasteiger partial charge in [-0.2, -0.15) is 0 Å². The first-order valence-corrected chi connectivity index (χ1v) is 7.66. The van der Waals surface area contributed by atoms with Gasteiger partial charge >= 0.3 is 12.0 Å². The molecule has 1 unspecified atom stereocenters. The topological polar surface area (TPSA) is 87.7 Å². The number of hydrogen-bond donors (Lipinski definition) is 3. The third-order valence-corrected chi connectivity index (χ3v) is 4.16. The summed E-state index contributed by atoms with van der Waals surface area (Å²) in [5, 5.41) is 14.5. The molecule has 122 valence electrons. The first kappa shape index (κ1) is 17.8. The Morgan fingerprint density at radius 3 is 2.48 bits per heavy atom. The molecule has 3 N–H and O–H groups in total. The number of amides is 2. The van der Waals surface area contributed by atoms with Crippen LogP contribution in [0, 0.1) is 0 Å². The highest BCUT2D eigenvalue weighted by Gasteiger charge is 2.35. The maximum Gasteiger partial charge on any atom is 0.315 e. The molecule has 1 rings (SSSR count). The van der Waals surface area contributed by atoms with E-state index in [0.29, 0.717) is 6.61 Å². The Kier molecular flexibility index (Phi) is 6.01. The van der Waals surface area contributed by atoms with Crippen LogP contribution in [0.1, 0.15) is 59.8 Å². The summed E-state index contributed by atoms with van der Waals surface area (Å²) in [5.74, 6) is -0.928. The molecule has 0 aromatic heterocycles. The van der Waals surface area contributed by atoms with Gasteiger partial charge in [0.2, 0.25) is 0 Å². The summed E-state index contributed by atoms with van der Waals surface area (Å²) in [6.45, 7) is 8.25. The van der Waals surface area contributed by atoms with E-state index in [4.69, 9.17) is 9.84 Å². The Morgan fingerprint density at radius 1 is 1.33 bits per heavy atom. The third kappa shape index (κ3) is 5.53. The molecular formula is C15H28N2O4. The van der Waals surface area contributed by atoms with E-state index < -0.39 is 11.5 Å². The first-order valence-electron chi connectivity index (χ1n) is 7.66. The van der Waals surface area contributed by atoms with Gasteiger partial charge in [-0.1, -0.05) is 13.8 Å². The molecule has 0 spiro atoms. The fourth-order valence-corrected chi connectivity index (χ4v) is 2.84. The lowest BCUT2D eigenvalue weighted by Crippen LogP contribution is -2.54. The SMILES string of the molecule is CCC1(CC)CC(NC(=O)NC(C)(C)CC(=O)O)CCO1. The summed E-state index contributed by atoms with van der Waals surface area (Å²) in [7, 11) is 0. The van der Waals surface area contributed by atoms with E-state index in [1.807, 2.05) is 0 Å². The molecule has 1 atom stereocenters. The maximum absolute atomic E-state index is 12.0. The largest absolute Gasteiger partial charge is 0.481 e. The summed E-state index contributed by atoms with van der Waals surface area (Å²) in [5.41, 5.74) is -0.916. The molecule has 6 heteroatoms. The predicted molar refractivity (Wildman–Crippen MR) is 80.3 cm³/mol. The van der Waals surface area contributed by atoms with E-state index in [1.54, 1.807) is 13.8 Å². The minimum absolute atomic E-state index is 0.0688. The van der Waals surface area contributed by atoms with Gasteiger partial charge in [0.05, 0.1) is 12.0 Å². The van der Waals surface area contributed by atoms with E-state index in [1.165, 1.54) is 0 Å². The molecule has 2 amide bonds. The molecule has 1 fully saturated rings. The Balaban J connectivity index is 2.53. The molecule has 1 heterocycles. The summed E-state index contributed by atoms with van der Waals surface area (Å²) in [6, 6.07) is -0.242. The number of carbonyl (C=O) groups excluding carboxylic acids is 1. The average Bonchev–Trinajstić information content (AvgIpc) is 2.36. The van der Waals surface area contributed by atoms with Crippen LogP contribution in [0.25, 0.3) is 0 Å². The zero-order chi connectivity index (χ0) is 16.1. The zero-order valence-electron chi connectivity index (χ0n) is 13.5. The molecule has 21 heavy (non-hydrogen) atoms. The lowest BCUT2D eigenvalue weighted by atomic mass is 9.86. The Bertz CT molecular complexity index is 378. The van der Waals surface area contributed by atoms with Crippen LogP contribution in [0.2, 0.25) is 0 Å². The number of hydrogen-bond acceptors (Lipinski definition) is 3. The summed E-state index contributed by atoms with van der Waals surface area (Å²) in [4.78, 5) is 22.8. The average molecular weight is 300 g/mol. The van der Waals surface area contributed by atoms with Gasteiger partial charge in [-0.3, -0.25) is 4.79 Å². The van der Waals surface area contributed by atoms with Crippen LogP contribution < -0.4 is 10.6 Å². The highest BCUT2D eigenvalue weighted by Crippen LogP contribution is 2.31. The van der Waals surface area contributed by atoms with Crippen molar-refractivity contribution in [3.05, 3.63) is 0 Å². The van der Waals surface area contributed by atoms with Crippen molar-refractivity contribution in [2.75, 3.05) is 6.61 Å². The number of carboxylic acids is 1.